The number of thiazole rings is 1. The molecule has 5 aromatic heterocycles. The number of nitrogens with zero attached hydrogens (tertiary/aromatic N) is 8. The first-order valence-electron chi connectivity index (χ1n) is 24.8. The number of nitrogens with one attached hydrogen (secondary N) is 4. The molecule has 5 N–H and O–H groups in total. The summed E-state index contributed by atoms with van der Waals surface area (Å²) < 4.78 is 1.77. The number of carbonyl (C=O) groups excluding carboxylic acids is 4. The summed E-state index contributed by atoms with van der Waals surface area (Å²) in [6, 6.07) is 15.4. The minimum atomic E-state index is -0.997. The molecule has 1 aromatic carbocycles. The quantitative estimate of drug-likeness (QED) is 0.0779. The SMILES string of the molecule is CNc1cc(-c2ccc3cc(C#N)cnn23)ncc1-c1nnc(C23CCC(NC(=O)[C@@H]4CC[C@@H]4C(=O)N[C@H](C(=O)N4C[C@H](O)C[C@H]4C(=O)N[C@@H](C)c4ccc(-c5scnc5C)cc4)C(C)(C)C)(CC2)CC3)s1. The Morgan fingerprint density at radius 1 is 0.903 bits per heavy atom. The molecule has 0 radical (unpaired) electrons. The van der Waals surface area contributed by atoms with Gasteiger partial charge in [0.05, 0.1) is 62.5 Å². The fourth-order valence-electron chi connectivity index (χ4n) is 11.2. The van der Waals surface area contributed by atoms with Gasteiger partial charge in [-0.1, -0.05) is 56.4 Å². The van der Waals surface area contributed by atoms with E-state index < -0.39 is 41.3 Å². The second kappa shape index (κ2) is 19.1. The lowest BCUT2D eigenvalue weighted by molar-refractivity contribution is -0.148. The first kappa shape index (κ1) is 49.0. The molecule has 1 aliphatic heterocycles. The van der Waals surface area contributed by atoms with E-state index in [1.165, 1.54) is 4.90 Å². The van der Waals surface area contributed by atoms with Crippen LogP contribution in [-0.2, 0) is 24.6 Å². The van der Waals surface area contributed by atoms with Crippen LogP contribution in [0.15, 0.2) is 66.4 Å². The number of anilines is 1. The largest absolute Gasteiger partial charge is 0.391 e. The van der Waals surface area contributed by atoms with Crippen LogP contribution in [0.1, 0.15) is 113 Å². The van der Waals surface area contributed by atoms with Crippen molar-refractivity contribution in [1.82, 2.24) is 50.6 Å². The molecule has 6 heterocycles. The van der Waals surface area contributed by atoms with E-state index in [9.17, 15) is 29.5 Å². The highest BCUT2D eigenvalue weighted by Crippen LogP contribution is 2.55. The monoisotopic (exact) mass is 1010 g/mol. The van der Waals surface area contributed by atoms with Gasteiger partial charge in [-0.2, -0.15) is 10.4 Å². The average molecular weight is 1010 g/mol. The fourth-order valence-corrected chi connectivity index (χ4v) is 13.2. The van der Waals surface area contributed by atoms with Crippen LogP contribution >= 0.6 is 22.7 Å². The summed E-state index contributed by atoms with van der Waals surface area (Å²) >= 11 is 3.16. The van der Waals surface area contributed by atoms with Crippen molar-refractivity contribution in [2.45, 2.75) is 128 Å². The topological polar surface area (TPSA) is 233 Å². The molecule has 2 bridgehead atoms. The number of hydrogen-bond donors (Lipinski definition) is 5. The Morgan fingerprint density at radius 2 is 1.62 bits per heavy atom. The van der Waals surface area contributed by atoms with Gasteiger partial charge in [0.25, 0.3) is 0 Å². The number of pyridine rings is 1. The second-order valence-electron chi connectivity index (χ2n) is 21.4. The van der Waals surface area contributed by atoms with E-state index in [0.29, 0.717) is 18.4 Å². The van der Waals surface area contributed by atoms with Crippen LogP contribution in [0, 0.1) is 35.5 Å². The first-order valence-corrected chi connectivity index (χ1v) is 26.5. The van der Waals surface area contributed by atoms with E-state index in [-0.39, 0.29) is 47.7 Å². The van der Waals surface area contributed by atoms with Crippen molar-refractivity contribution in [3.05, 3.63) is 88.3 Å². The van der Waals surface area contributed by atoms with Gasteiger partial charge in [-0.3, -0.25) is 24.2 Å². The van der Waals surface area contributed by atoms with Crippen molar-refractivity contribution < 1.29 is 24.3 Å². The Kier molecular flexibility index (Phi) is 13.0. The number of β-amino-alcohol motifs (C(OH)–C–C–N with tert-alkyl or cyclic N) is 1. The highest BCUT2D eigenvalue weighted by atomic mass is 32.1. The minimum absolute atomic E-state index is 0.0316. The molecule has 4 amide bonds. The highest BCUT2D eigenvalue weighted by molar-refractivity contribution is 7.15. The standard InChI is InChI=1S/C53H60N12O5S2/c1-29(32-7-9-33(10-8-32)43-30(2)57-28-71-43)59-47(69)42-22-35(66)27-64(42)49(70)44(51(3,4)5)60-45(67)36-12-13-37(36)46(68)61-53-18-15-52(16-19-53,17-20-53)50-63-62-48(72-50)38-26-56-40(23-39(38)55-6)41-14-11-34-21-31(24-54)25-58-65(34)41/h7-11,14,21,23,25-26,28-29,35-37,42,44,66H,12-13,15-20,22,27H2,1-6H3,(H,55,56)(H,59,69)(H,60,67)(H,61,68)/t29-,35+,36-,37+,42-,44+,52?,53?/m0/s1. The van der Waals surface area contributed by atoms with E-state index in [1.54, 1.807) is 39.5 Å². The van der Waals surface area contributed by atoms with Gasteiger partial charge in [-0.15, -0.1) is 21.5 Å². The third-order valence-corrected chi connectivity index (χ3v) is 18.0. The summed E-state index contributed by atoms with van der Waals surface area (Å²) in [4.78, 5) is 68.2. The summed E-state index contributed by atoms with van der Waals surface area (Å²) in [5.41, 5.74) is 8.00. The molecule has 4 aliphatic carbocycles. The molecule has 1 saturated heterocycles. The third kappa shape index (κ3) is 9.13. The van der Waals surface area contributed by atoms with Crippen molar-refractivity contribution in [2.75, 3.05) is 18.9 Å². The fraction of sp³-hybridized carbons (Fsp3) is 0.472. The van der Waals surface area contributed by atoms with Crippen molar-refractivity contribution in [3.63, 3.8) is 0 Å². The number of likely N-dealkylation sites (tertiary alicyclic amines) is 1. The molecular formula is C53H60N12O5S2. The van der Waals surface area contributed by atoms with Gasteiger partial charge < -0.3 is 31.3 Å². The molecular weight excluding hydrogens is 949 g/mol. The van der Waals surface area contributed by atoms with Crippen molar-refractivity contribution in [1.29, 1.82) is 5.26 Å². The zero-order chi connectivity index (χ0) is 50.7. The predicted molar refractivity (Wildman–Crippen MR) is 274 cm³/mol. The molecule has 5 aliphatic rings. The lowest BCUT2D eigenvalue weighted by atomic mass is 9.57. The molecule has 19 heteroatoms. The maximum atomic E-state index is 14.5. The van der Waals surface area contributed by atoms with E-state index in [1.807, 2.05) is 95.8 Å². The second-order valence-corrected chi connectivity index (χ2v) is 23.2. The number of aliphatic hydroxyl groups excluding tert-OH is 1. The van der Waals surface area contributed by atoms with Gasteiger partial charge in [0.15, 0.2) is 5.01 Å². The molecule has 6 aromatic rings. The number of aliphatic hydroxyl groups is 1. The van der Waals surface area contributed by atoms with E-state index >= 15 is 0 Å². The molecule has 6 atom stereocenters. The molecule has 0 spiro atoms. The van der Waals surface area contributed by atoms with Crippen molar-refractivity contribution >= 4 is 57.5 Å². The van der Waals surface area contributed by atoms with E-state index in [4.69, 9.17) is 10.1 Å². The third-order valence-electron chi connectivity index (χ3n) is 15.8. The Labute approximate surface area is 426 Å². The van der Waals surface area contributed by atoms with Gasteiger partial charge in [0.1, 0.15) is 23.2 Å². The van der Waals surface area contributed by atoms with Gasteiger partial charge in [0.2, 0.25) is 23.6 Å². The summed E-state index contributed by atoms with van der Waals surface area (Å²) in [6.07, 6.45) is 8.58. The zero-order valence-electron chi connectivity index (χ0n) is 41.4. The lowest BCUT2D eigenvalue weighted by Gasteiger charge is -2.53. The molecule has 72 heavy (non-hydrogen) atoms. The summed E-state index contributed by atoms with van der Waals surface area (Å²) in [6.45, 7) is 9.42. The number of fused-ring (bicyclic) bond motifs is 4. The van der Waals surface area contributed by atoms with Crippen LogP contribution in [-0.4, -0.2) is 101 Å². The van der Waals surface area contributed by atoms with Crippen LogP contribution in [0.2, 0.25) is 0 Å². The van der Waals surface area contributed by atoms with Crippen molar-refractivity contribution in [2.24, 2.45) is 17.3 Å². The Balaban J connectivity index is 0.750. The smallest absolute Gasteiger partial charge is 0.246 e. The summed E-state index contributed by atoms with van der Waals surface area (Å²) in [5.74, 6) is -2.40. The summed E-state index contributed by atoms with van der Waals surface area (Å²) in [5, 5.41) is 48.6. The average Bonchev–Trinajstić information content (AvgIpc) is 4.20. The Bertz CT molecular complexity index is 3090. The normalized spacial score (nSPS) is 24.5. The molecule has 5 fully saturated rings. The number of aromatic nitrogens is 6. The number of hydrogen-bond acceptors (Lipinski definition) is 14. The number of aryl methyl sites for hydroxylation is 1. The molecule has 17 nitrogen and oxygen atoms in total. The Hall–Kier alpha value is -6.62. The van der Waals surface area contributed by atoms with E-state index in [0.717, 1.165) is 98.4 Å². The number of carbonyl (C=O) groups is 4. The molecule has 0 unspecified atom stereocenters. The zero-order valence-corrected chi connectivity index (χ0v) is 43.0. The molecule has 4 saturated carbocycles. The van der Waals surface area contributed by atoms with E-state index in [2.05, 4.69) is 42.5 Å². The molecule has 374 valence electrons. The first-order chi connectivity index (χ1) is 34.5. The molecule has 11 rings (SSSR count). The van der Waals surface area contributed by atoms with Crippen LogP contribution < -0.4 is 21.3 Å². The minimum Gasteiger partial charge on any atom is -0.391 e. The van der Waals surface area contributed by atoms with Crippen LogP contribution in [0.5, 0.6) is 0 Å². The van der Waals surface area contributed by atoms with Crippen molar-refractivity contribution in [3.8, 4) is 38.5 Å². The number of rotatable bonds is 13. The van der Waals surface area contributed by atoms with Gasteiger partial charge >= 0.3 is 0 Å². The van der Waals surface area contributed by atoms with Gasteiger partial charge in [0, 0.05) is 54.7 Å². The predicted octanol–water partition coefficient (Wildman–Crippen LogP) is 7.12. The van der Waals surface area contributed by atoms with Crippen LogP contribution in [0.25, 0.3) is 37.9 Å². The summed E-state index contributed by atoms with van der Waals surface area (Å²) in [7, 11) is 1.86. The number of nitriles is 1. The van der Waals surface area contributed by atoms with Gasteiger partial charge in [-0.25, -0.2) is 9.50 Å². The Morgan fingerprint density at radius 3 is 2.28 bits per heavy atom. The highest BCUT2D eigenvalue weighted by Gasteiger charge is 2.54. The maximum absolute atomic E-state index is 14.5. The van der Waals surface area contributed by atoms with Gasteiger partial charge in [-0.05, 0) is 106 Å². The number of benzene rings is 1. The van der Waals surface area contributed by atoms with Crippen LogP contribution in [0.3, 0.4) is 0 Å². The maximum Gasteiger partial charge on any atom is 0.246 e. The van der Waals surface area contributed by atoms with Crippen LogP contribution in [0.4, 0.5) is 5.69 Å². The number of amides is 4. The lowest BCUT2D eigenvalue weighted by Crippen LogP contribution is -2.62.